The van der Waals surface area contributed by atoms with Crippen LogP contribution in [0.3, 0.4) is 0 Å². The summed E-state index contributed by atoms with van der Waals surface area (Å²) in [5.41, 5.74) is 1.33. The number of aliphatic hydroxyl groups excluding tert-OH is 2. The summed E-state index contributed by atoms with van der Waals surface area (Å²) in [7, 11) is 0. The minimum absolute atomic E-state index is 0.230. The monoisotopic (exact) mass is 263 g/mol. The number of nitrogens with one attached hydrogen (secondary N) is 1. The minimum atomic E-state index is -1.19. The van der Waals surface area contributed by atoms with Gasteiger partial charge in [-0.15, -0.1) is 0 Å². The Kier molecular flexibility index (Phi) is 4.19. The van der Waals surface area contributed by atoms with Gasteiger partial charge in [-0.3, -0.25) is 4.79 Å². The Bertz CT molecular complexity index is 563. The number of aromatic nitrogens is 1. The molecule has 2 atom stereocenters. The van der Waals surface area contributed by atoms with Gasteiger partial charge in [0.2, 0.25) is 0 Å². The van der Waals surface area contributed by atoms with E-state index in [1.165, 1.54) is 0 Å². The highest BCUT2D eigenvalue weighted by Crippen LogP contribution is 2.26. The summed E-state index contributed by atoms with van der Waals surface area (Å²) in [4.78, 5) is 14.3. The van der Waals surface area contributed by atoms with Gasteiger partial charge in [0.05, 0.1) is 24.6 Å². The Hall–Kier alpha value is -1.85. The maximum absolute atomic E-state index is 11.3. The third-order valence-electron chi connectivity index (χ3n) is 2.98. The van der Waals surface area contributed by atoms with Crippen LogP contribution in [0.15, 0.2) is 30.5 Å². The molecule has 0 saturated heterocycles. The number of carbonyl (C=O) groups excluding carboxylic acids is 1. The molecule has 1 aromatic carbocycles. The van der Waals surface area contributed by atoms with Crippen molar-refractivity contribution in [2.24, 2.45) is 0 Å². The Balaban J connectivity index is 2.16. The van der Waals surface area contributed by atoms with Crippen LogP contribution in [0.25, 0.3) is 10.9 Å². The summed E-state index contributed by atoms with van der Waals surface area (Å²) in [6.45, 7) is 1.95. The molecule has 0 aliphatic carbocycles. The fourth-order valence-electron chi connectivity index (χ4n) is 2.07. The van der Waals surface area contributed by atoms with Crippen LogP contribution >= 0.6 is 0 Å². The molecule has 102 valence electrons. The number of carbonyl (C=O) groups is 1. The van der Waals surface area contributed by atoms with Gasteiger partial charge in [-0.1, -0.05) is 18.2 Å². The van der Waals surface area contributed by atoms with Gasteiger partial charge in [-0.25, -0.2) is 0 Å². The number of rotatable bonds is 5. The number of H-pyrrole nitrogens is 1. The first-order valence-electron chi connectivity index (χ1n) is 6.21. The normalized spacial score (nSPS) is 14.3. The van der Waals surface area contributed by atoms with Crippen molar-refractivity contribution in [3.8, 4) is 0 Å². The molecule has 0 radical (unpaired) electrons. The van der Waals surface area contributed by atoms with Gasteiger partial charge < -0.3 is 19.9 Å². The third-order valence-corrected chi connectivity index (χ3v) is 2.98. The lowest BCUT2D eigenvalue weighted by Gasteiger charge is -2.18. The number of benzene rings is 1. The minimum Gasteiger partial charge on any atom is -0.466 e. The standard InChI is InChI=1S/C14H17NO4/c1-2-19-12(17)8-11(16)14(18)10-5-3-4-9-6-7-15-13(9)10/h3-7,11,14-16,18H,2,8H2,1H3. The SMILES string of the molecule is CCOC(=O)CC(O)C(O)c1cccc2cc[nH]c12. The molecule has 2 rings (SSSR count). The highest BCUT2D eigenvalue weighted by Gasteiger charge is 2.23. The van der Waals surface area contributed by atoms with E-state index in [1.807, 2.05) is 12.1 Å². The van der Waals surface area contributed by atoms with E-state index < -0.39 is 18.2 Å². The van der Waals surface area contributed by atoms with Crippen molar-refractivity contribution in [1.29, 1.82) is 0 Å². The number of ether oxygens (including phenoxy) is 1. The number of aromatic amines is 1. The smallest absolute Gasteiger partial charge is 0.308 e. The van der Waals surface area contributed by atoms with E-state index in [-0.39, 0.29) is 13.0 Å². The molecule has 0 bridgehead atoms. The maximum atomic E-state index is 11.3. The number of aliphatic hydroxyl groups is 2. The molecule has 0 aliphatic rings. The second-order valence-electron chi connectivity index (χ2n) is 4.31. The van der Waals surface area contributed by atoms with Gasteiger partial charge in [0.15, 0.2) is 0 Å². The molecular weight excluding hydrogens is 246 g/mol. The maximum Gasteiger partial charge on any atom is 0.308 e. The van der Waals surface area contributed by atoms with Crippen LogP contribution in [0.1, 0.15) is 25.0 Å². The fraction of sp³-hybridized carbons (Fsp3) is 0.357. The van der Waals surface area contributed by atoms with Crippen molar-refractivity contribution >= 4 is 16.9 Å². The largest absolute Gasteiger partial charge is 0.466 e. The second kappa shape index (κ2) is 5.86. The molecule has 5 heteroatoms. The molecule has 3 N–H and O–H groups in total. The Morgan fingerprint density at radius 2 is 2.16 bits per heavy atom. The summed E-state index contributed by atoms with van der Waals surface area (Å²) < 4.78 is 4.75. The molecule has 2 unspecified atom stereocenters. The lowest BCUT2D eigenvalue weighted by Crippen LogP contribution is -2.23. The Morgan fingerprint density at radius 3 is 2.89 bits per heavy atom. The molecule has 5 nitrogen and oxygen atoms in total. The molecule has 0 aliphatic heterocycles. The zero-order valence-electron chi connectivity index (χ0n) is 10.7. The quantitative estimate of drug-likeness (QED) is 0.714. The lowest BCUT2D eigenvalue weighted by atomic mass is 10.00. The number of fused-ring (bicyclic) bond motifs is 1. The van der Waals surface area contributed by atoms with E-state index in [4.69, 9.17) is 4.74 Å². The van der Waals surface area contributed by atoms with Crippen LogP contribution in [0.5, 0.6) is 0 Å². The fourth-order valence-corrected chi connectivity index (χ4v) is 2.07. The Labute approximate surface area is 110 Å². The molecular formula is C14H17NO4. The summed E-state index contributed by atoms with van der Waals surface area (Å²) in [5, 5.41) is 21.0. The van der Waals surface area contributed by atoms with Gasteiger partial charge in [0.1, 0.15) is 6.10 Å². The highest BCUT2D eigenvalue weighted by atomic mass is 16.5. The van der Waals surface area contributed by atoms with Gasteiger partial charge in [-0.05, 0) is 18.4 Å². The van der Waals surface area contributed by atoms with Crippen molar-refractivity contribution in [1.82, 2.24) is 4.98 Å². The van der Waals surface area contributed by atoms with E-state index in [0.717, 1.165) is 10.9 Å². The molecule has 0 saturated carbocycles. The second-order valence-corrected chi connectivity index (χ2v) is 4.31. The number of hydrogen-bond acceptors (Lipinski definition) is 4. The zero-order valence-corrected chi connectivity index (χ0v) is 10.7. The Morgan fingerprint density at radius 1 is 1.37 bits per heavy atom. The zero-order chi connectivity index (χ0) is 13.8. The molecule has 19 heavy (non-hydrogen) atoms. The van der Waals surface area contributed by atoms with Gasteiger partial charge >= 0.3 is 5.97 Å². The topological polar surface area (TPSA) is 82.6 Å². The third kappa shape index (κ3) is 2.94. The highest BCUT2D eigenvalue weighted by molar-refractivity contribution is 5.83. The van der Waals surface area contributed by atoms with E-state index in [1.54, 1.807) is 25.3 Å². The van der Waals surface area contributed by atoms with Crippen LogP contribution in [0.4, 0.5) is 0 Å². The van der Waals surface area contributed by atoms with Crippen LogP contribution in [0, 0.1) is 0 Å². The van der Waals surface area contributed by atoms with Crippen molar-refractivity contribution in [3.63, 3.8) is 0 Å². The van der Waals surface area contributed by atoms with Crippen molar-refractivity contribution in [3.05, 3.63) is 36.0 Å². The predicted molar refractivity (Wildman–Crippen MR) is 70.5 cm³/mol. The van der Waals surface area contributed by atoms with Crippen molar-refractivity contribution in [2.75, 3.05) is 6.61 Å². The lowest BCUT2D eigenvalue weighted by molar-refractivity contribution is -0.147. The molecule has 0 amide bonds. The molecule has 1 aromatic heterocycles. The van der Waals surface area contributed by atoms with Crippen molar-refractivity contribution in [2.45, 2.75) is 25.6 Å². The predicted octanol–water partition coefficient (Wildman–Crippen LogP) is 1.52. The van der Waals surface area contributed by atoms with E-state index in [2.05, 4.69) is 4.98 Å². The van der Waals surface area contributed by atoms with Crippen LogP contribution < -0.4 is 0 Å². The van der Waals surface area contributed by atoms with Crippen LogP contribution in [0.2, 0.25) is 0 Å². The van der Waals surface area contributed by atoms with Crippen LogP contribution in [-0.4, -0.2) is 33.9 Å². The molecule has 0 spiro atoms. The summed E-state index contributed by atoms with van der Waals surface area (Å²) in [5.74, 6) is -0.521. The summed E-state index contributed by atoms with van der Waals surface area (Å²) in [6, 6.07) is 7.30. The molecule has 2 aromatic rings. The van der Waals surface area contributed by atoms with Gasteiger partial charge in [0, 0.05) is 11.8 Å². The number of esters is 1. The number of hydrogen-bond donors (Lipinski definition) is 3. The molecule has 1 heterocycles. The van der Waals surface area contributed by atoms with E-state index in [0.29, 0.717) is 5.56 Å². The first kappa shape index (κ1) is 13.6. The van der Waals surface area contributed by atoms with E-state index in [9.17, 15) is 15.0 Å². The summed E-state index contributed by atoms with van der Waals surface area (Å²) >= 11 is 0. The average molecular weight is 263 g/mol. The van der Waals surface area contributed by atoms with Crippen LogP contribution in [-0.2, 0) is 9.53 Å². The van der Waals surface area contributed by atoms with E-state index >= 15 is 0 Å². The van der Waals surface area contributed by atoms with Gasteiger partial charge in [0.25, 0.3) is 0 Å². The first-order valence-corrected chi connectivity index (χ1v) is 6.21. The average Bonchev–Trinajstić information content (AvgIpc) is 2.86. The number of para-hydroxylation sites is 1. The first-order chi connectivity index (χ1) is 9.13. The summed E-state index contributed by atoms with van der Waals surface area (Å²) in [6.07, 6.45) is -0.787. The van der Waals surface area contributed by atoms with Crippen molar-refractivity contribution < 1.29 is 19.7 Å². The molecule has 0 fully saturated rings. The van der Waals surface area contributed by atoms with Gasteiger partial charge in [-0.2, -0.15) is 0 Å².